The number of hydrogen-bond donors (Lipinski definition) is 3. The summed E-state index contributed by atoms with van der Waals surface area (Å²) in [5.41, 5.74) is 0. The number of cyclic esters (lactones) is 1. The van der Waals surface area contributed by atoms with Crippen LogP contribution in [0, 0.1) is 0 Å². The maximum atomic E-state index is 12.3. The lowest BCUT2D eigenvalue weighted by molar-refractivity contribution is -0.321. The minimum Gasteiger partial charge on any atom is -0.445 e. The Morgan fingerprint density at radius 1 is 1.12 bits per heavy atom. The van der Waals surface area contributed by atoms with E-state index in [4.69, 9.17) is 14.9 Å². The van der Waals surface area contributed by atoms with Crippen LogP contribution in [0.3, 0.4) is 0 Å². The third-order valence-electron chi connectivity index (χ3n) is 2.14. The van der Waals surface area contributed by atoms with Gasteiger partial charge in [-0.05, 0) is 0 Å². The molecule has 1 aliphatic heterocycles. The molecular weight excluding hydrogens is 385 g/mol. The lowest BCUT2D eigenvalue weighted by Gasteiger charge is -2.23. The summed E-state index contributed by atoms with van der Waals surface area (Å²) >= 11 is 0. The van der Waals surface area contributed by atoms with Gasteiger partial charge in [-0.1, -0.05) is 0 Å². The third-order valence-corrected chi connectivity index (χ3v) is 2.68. The molecule has 3 N–H and O–H groups in total. The van der Waals surface area contributed by atoms with Gasteiger partial charge in [0.2, 0.25) is 0 Å². The SMILES string of the molecule is O=C1OC(C(CO)OP(=O)(O)O)C(OC(F)(F)F)=C1OC(F)(F)F. The summed E-state index contributed by atoms with van der Waals surface area (Å²) in [5.74, 6) is -6.06. The quantitative estimate of drug-likeness (QED) is 0.339. The van der Waals surface area contributed by atoms with E-state index in [0.717, 1.165) is 0 Å². The smallest absolute Gasteiger partial charge is 0.445 e. The summed E-state index contributed by atoms with van der Waals surface area (Å²) in [7, 11) is -5.42. The number of hydrogen-bond acceptors (Lipinski definition) is 7. The number of phosphoric acid groups is 1. The molecule has 0 radical (unpaired) electrons. The molecule has 0 saturated carbocycles. The Balaban J connectivity index is 3.27. The summed E-state index contributed by atoms with van der Waals surface area (Å²) in [6.07, 6.45) is -16.2. The molecule has 0 amide bonds. The van der Waals surface area contributed by atoms with E-state index in [1.165, 1.54) is 0 Å². The largest absolute Gasteiger partial charge is 0.573 e. The molecule has 0 spiro atoms. The average Bonchev–Trinajstić information content (AvgIpc) is 2.60. The summed E-state index contributed by atoms with van der Waals surface area (Å²) in [6.45, 7) is -1.45. The molecule has 0 saturated heterocycles. The first kappa shape index (κ1) is 20.5. The fraction of sp³-hybridized carbons (Fsp3) is 0.625. The van der Waals surface area contributed by atoms with Crippen LogP contribution in [0.15, 0.2) is 11.5 Å². The predicted octanol–water partition coefficient (Wildman–Crippen LogP) is 0.666. The number of alkyl halides is 6. The van der Waals surface area contributed by atoms with E-state index in [1.54, 1.807) is 0 Å². The fourth-order valence-corrected chi connectivity index (χ4v) is 2.02. The number of carbonyl (C=O) groups is 1. The van der Waals surface area contributed by atoms with Gasteiger partial charge in [-0.25, -0.2) is 9.36 Å². The second-order valence-electron chi connectivity index (χ2n) is 3.93. The van der Waals surface area contributed by atoms with Crippen molar-refractivity contribution in [3.05, 3.63) is 11.5 Å². The van der Waals surface area contributed by atoms with Crippen molar-refractivity contribution in [1.29, 1.82) is 0 Å². The zero-order valence-electron chi connectivity index (χ0n) is 10.9. The maximum Gasteiger partial charge on any atom is 0.573 e. The van der Waals surface area contributed by atoms with E-state index in [0.29, 0.717) is 0 Å². The van der Waals surface area contributed by atoms with E-state index in [2.05, 4.69) is 18.7 Å². The topological polar surface area (TPSA) is 132 Å². The van der Waals surface area contributed by atoms with Crippen LogP contribution in [0.2, 0.25) is 0 Å². The molecule has 16 heteroatoms. The Bertz CT molecular complexity index is 563. The third kappa shape index (κ3) is 6.16. The van der Waals surface area contributed by atoms with Gasteiger partial charge in [0.15, 0.2) is 11.9 Å². The van der Waals surface area contributed by atoms with Crippen molar-refractivity contribution in [1.82, 2.24) is 0 Å². The molecular formula is C8H7F6O9P. The van der Waals surface area contributed by atoms with E-state index < -0.39 is 56.8 Å². The predicted molar refractivity (Wildman–Crippen MR) is 55.2 cm³/mol. The van der Waals surface area contributed by atoms with Crippen LogP contribution in [0.1, 0.15) is 0 Å². The van der Waals surface area contributed by atoms with Gasteiger partial charge in [-0.3, -0.25) is 4.52 Å². The van der Waals surface area contributed by atoms with Crippen LogP contribution >= 0.6 is 7.82 Å². The zero-order chi connectivity index (χ0) is 18.9. The van der Waals surface area contributed by atoms with Crippen LogP contribution in [-0.4, -0.2) is 52.4 Å². The number of aliphatic hydroxyl groups excluding tert-OH is 1. The molecule has 0 aromatic rings. The Hall–Kier alpha value is -1.54. The molecule has 0 aromatic heterocycles. The number of aliphatic hydroxyl groups is 1. The molecule has 1 heterocycles. The Labute approximate surface area is 127 Å². The molecule has 2 unspecified atom stereocenters. The van der Waals surface area contributed by atoms with Crippen LogP contribution in [-0.2, 0) is 28.1 Å². The minimum atomic E-state index is -5.62. The van der Waals surface area contributed by atoms with Gasteiger partial charge in [0.05, 0.1) is 6.61 Å². The molecule has 9 nitrogen and oxygen atoms in total. The highest BCUT2D eigenvalue weighted by Gasteiger charge is 2.51. The highest BCUT2D eigenvalue weighted by Crippen LogP contribution is 2.42. The van der Waals surface area contributed by atoms with E-state index in [1.807, 2.05) is 0 Å². The van der Waals surface area contributed by atoms with Gasteiger partial charge in [-0.2, -0.15) is 0 Å². The standard InChI is InChI=1S/C8H7F6O9P/c9-7(10,11)21-4-3(2(1-15)23-24(17,18)19)20-6(16)5(4)22-8(12,13)14/h2-3,15H,1H2,(H2,17,18,19). The van der Waals surface area contributed by atoms with Crippen LogP contribution in [0.5, 0.6) is 0 Å². The number of carbonyl (C=O) groups excluding carboxylic acids is 1. The van der Waals surface area contributed by atoms with Gasteiger partial charge in [-0.15, -0.1) is 26.3 Å². The summed E-state index contributed by atoms with van der Waals surface area (Å²) in [5, 5.41) is 8.89. The number of phosphoric ester groups is 1. The molecule has 0 aliphatic carbocycles. The lowest BCUT2D eigenvalue weighted by Crippen LogP contribution is -2.36. The van der Waals surface area contributed by atoms with Gasteiger partial charge in [0.1, 0.15) is 6.10 Å². The monoisotopic (exact) mass is 392 g/mol. The molecule has 24 heavy (non-hydrogen) atoms. The van der Waals surface area contributed by atoms with Crippen LogP contribution in [0.4, 0.5) is 26.3 Å². The van der Waals surface area contributed by atoms with Gasteiger partial charge < -0.3 is 29.1 Å². The highest BCUT2D eigenvalue weighted by atomic mass is 31.2. The number of halogens is 6. The van der Waals surface area contributed by atoms with E-state index >= 15 is 0 Å². The number of ether oxygens (including phenoxy) is 3. The Morgan fingerprint density at radius 3 is 2.00 bits per heavy atom. The average molecular weight is 392 g/mol. The second-order valence-corrected chi connectivity index (χ2v) is 5.12. The Morgan fingerprint density at radius 2 is 1.62 bits per heavy atom. The molecule has 2 atom stereocenters. The number of esters is 1. The van der Waals surface area contributed by atoms with Gasteiger partial charge in [0, 0.05) is 0 Å². The molecule has 140 valence electrons. The van der Waals surface area contributed by atoms with Crippen molar-refractivity contribution in [2.75, 3.05) is 6.61 Å². The molecule has 0 aromatic carbocycles. The highest BCUT2D eigenvalue weighted by molar-refractivity contribution is 7.46. The lowest BCUT2D eigenvalue weighted by atomic mass is 10.2. The molecule has 1 rings (SSSR count). The first-order valence-corrected chi connectivity index (χ1v) is 6.97. The first-order chi connectivity index (χ1) is 10.6. The minimum absolute atomic E-state index is 1.45. The summed E-state index contributed by atoms with van der Waals surface area (Å²) in [4.78, 5) is 28.4. The van der Waals surface area contributed by atoms with Crippen molar-refractivity contribution in [2.45, 2.75) is 24.9 Å². The number of rotatable bonds is 6. The van der Waals surface area contributed by atoms with E-state index in [9.17, 15) is 35.7 Å². The van der Waals surface area contributed by atoms with E-state index in [-0.39, 0.29) is 0 Å². The maximum absolute atomic E-state index is 12.3. The van der Waals surface area contributed by atoms with Crippen molar-refractivity contribution < 1.29 is 69.3 Å². The summed E-state index contributed by atoms with van der Waals surface area (Å²) < 4.78 is 98.3. The normalized spacial score (nSPS) is 20.9. The van der Waals surface area contributed by atoms with Gasteiger partial charge in [0.25, 0.3) is 5.76 Å². The molecule has 0 fully saturated rings. The molecule has 1 aliphatic rings. The van der Waals surface area contributed by atoms with Crippen LogP contribution < -0.4 is 0 Å². The molecule has 0 bridgehead atoms. The zero-order valence-corrected chi connectivity index (χ0v) is 11.8. The van der Waals surface area contributed by atoms with Gasteiger partial charge >= 0.3 is 26.5 Å². The first-order valence-electron chi connectivity index (χ1n) is 5.44. The Kier molecular flexibility index (Phi) is 5.77. The van der Waals surface area contributed by atoms with Crippen molar-refractivity contribution in [2.24, 2.45) is 0 Å². The van der Waals surface area contributed by atoms with Crippen LogP contribution in [0.25, 0.3) is 0 Å². The summed E-state index contributed by atoms with van der Waals surface area (Å²) in [6, 6.07) is 0. The second kappa shape index (κ2) is 6.76. The van der Waals surface area contributed by atoms with Crippen molar-refractivity contribution in [3.8, 4) is 0 Å². The van der Waals surface area contributed by atoms with Crippen molar-refractivity contribution >= 4 is 13.8 Å². The van der Waals surface area contributed by atoms with Crippen molar-refractivity contribution in [3.63, 3.8) is 0 Å². The fourth-order valence-electron chi connectivity index (χ4n) is 1.49.